The zero-order valence-corrected chi connectivity index (χ0v) is 12.8. The lowest BCUT2D eigenvalue weighted by atomic mass is 10.1. The summed E-state index contributed by atoms with van der Waals surface area (Å²) in [6.07, 6.45) is -0.0502. The van der Waals surface area contributed by atoms with Crippen molar-refractivity contribution in [1.82, 2.24) is 10.2 Å². The minimum absolute atomic E-state index is 0.0502. The van der Waals surface area contributed by atoms with Crippen LogP contribution in [0.2, 0.25) is 0 Å². The van der Waals surface area contributed by atoms with Crippen molar-refractivity contribution in [3.05, 3.63) is 30.0 Å². The highest BCUT2D eigenvalue weighted by molar-refractivity contribution is 5.97. The van der Waals surface area contributed by atoms with Crippen LogP contribution >= 0.6 is 0 Å². The quantitative estimate of drug-likeness (QED) is 0.790. The van der Waals surface area contributed by atoms with E-state index in [1.807, 2.05) is 31.2 Å². The Morgan fingerprint density at radius 3 is 2.57 bits per heavy atom. The maximum Gasteiger partial charge on any atom is 0.362 e. The highest BCUT2D eigenvalue weighted by Crippen LogP contribution is 2.29. The molecule has 2 rings (SSSR count). The van der Waals surface area contributed by atoms with Gasteiger partial charge in [-0.2, -0.15) is 0 Å². The predicted octanol–water partition coefficient (Wildman–Crippen LogP) is 3.23. The van der Waals surface area contributed by atoms with E-state index >= 15 is 0 Å². The zero-order valence-electron chi connectivity index (χ0n) is 12.8. The van der Waals surface area contributed by atoms with Crippen LogP contribution in [0.25, 0.3) is 10.9 Å². The highest BCUT2D eigenvalue weighted by Gasteiger charge is 2.22. The van der Waals surface area contributed by atoms with E-state index in [1.165, 1.54) is 0 Å². The highest BCUT2D eigenvalue weighted by atomic mass is 16.5. The number of benzene rings is 1. The third-order valence-corrected chi connectivity index (χ3v) is 3.33. The van der Waals surface area contributed by atoms with Crippen molar-refractivity contribution in [2.75, 3.05) is 6.61 Å². The summed E-state index contributed by atoms with van der Waals surface area (Å²) >= 11 is 0. The molecule has 1 unspecified atom stereocenters. The average Bonchev–Trinajstić information content (AvgIpc) is 2.47. The summed E-state index contributed by atoms with van der Waals surface area (Å²) in [5.41, 5.74) is 0.819. The van der Waals surface area contributed by atoms with Gasteiger partial charge in [0.1, 0.15) is 0 Å². The zero-order chi connectivity index (χ0) is 15.4. The Bertz CT molecular complexity index is 640. The molecule has 0 bridgehead atoms. The average molecular weight is 288 g/mol. The maximum absolute atomic E-state index is 12.1. The van der Waals surface area contributed by atoms with Crippen molar-refractivity contribution >= 4 is 16.9 Å². The summed E-state index contributed by atoms with van der Waals surface area (Å²) in [5.74, 6) is 0.244. The molecule has 1 heterocycles. The number of hydrogen-bond donors (Lipinski definition) is 0. The summed E-state index contributed by atoms with van der Waals surface area (Å²) in [5, 5.41) is 8.82. The summed E-state index contributed by atoms with van der Waals surface area (Å²) in [4.78, 5) is 12.1. The van der Waals surface area contributed by atoms with Crippen LogP contribution in [0.1, 0.15) is 38.2 Å². The number of esters is 1. The number of aromatic nitrogens is 2. The Morgan fingerprint density at radius 2 is 1.90 bits per heavy atom. The number of nitrogens with zero attached hydrogens (tertiary/aromatic N) is 2. The Hall–Kier alpha value is -2.17. The molecule has 5 nitrogen and oxygen atoms in total. The lowest BCUT2D eigenvalue weighted by Gasteiger charge is -2.20. The van der Waals surface area contributed by atoms with E-state index in [-0.39, 0.29) is 18.4 Å². The molecule has 21 heavy (non-hydrogen) atoms. The fraction of sp³-hybridized carbons (Fsp3) is 0.438. The minimum atomic E-state index is -0.512. The molecule has 0 N–H and O–H groups in total. The second kappa shape index (κ2) is 6.52. The summed E-state index contributed by atoms with van der Waals surface area (Å²) in [6.45, 7) is 8.13. The van der Waals surface area contributed by atoms with Crippen molar-refractivity contribution in [2.24, 2.45) is 5.92 Å². The number of hydrogen-bond acceptors (Lipinski definition) is 5. The van der Waals surface area contributed by atoms with Crippen molar-refractivity contribution in [2.45, 2.75) is 33.8 Å². The van der Waals surface area contributed by atoms with Crippen LogP contribution < -0.4 is 4.74 Å². The van der Waals surface area contributed by atoms with Crippen LogP contribution in [0.15, 0.2) is 24.3 Å². The molecule has 0 radical (unpaired) electrons. The summed E-state index contributed by atoms with van der Waals surface area (Å²) < 4.78 is 11.0. The van der Waals surface area contributed by atoms with Gasteiger partial charge in [0, 0.05) is 5.39 Å². The van der Waals surface area contributed by atoms with Crippen LogP contribution in [0, 0.1) is 5.92 Å². The fourth-order valence-electron chi connectivity index (χ4n) is 1.80. The van der Waals surface area contributed by atoms with E-state index in [1.54, 1.807) is 6.92 Å². The molecule has 0 spiro atoms. The number of ether oxygens (including phenoxy) is 2. The lowest BCUT2D eigenvalue weighted by molar-refractivity contribution is 0.0508. The molecule has 0 fully saturated rings. The van der Waals surface area contributed by atoms with Crippen LogP contribution in [0.3, 0.4) is 0 Å². The second-order valence-electron chi connectivity index (χ2n) is 5.18. The molecular weight excluding hydrogens is 268 g/mol. The smallest absolute Gasteiger partial charge is 0.362 e. The van der Waals surface area contributed by atoms with E-state index < -0.39 is 5.97 Å². The molecule has 5 heteroatoms. The van der Waals surface area contributed by atoms with Crippen molar-refractivity contribution in [3.8, 4) is 5.75 Å². The van der Waals surface area contributed by atoms with Crippen LogP contribution in [0.5, 0.6) is 5.75 Å². The van der Waals surface area contributed by atoms with Crippen LogP contribution in [-0.4, -0.2) is 28.9 Å². The molecule has 2 aromatic rings. The van der Waals surface area contributed by atoms with Gasteiger partial charge in [-0.25, -0.2) is 4.79 Å². The third kappa shape index (κ3) is 3.29. The number of rotatable bonds is 5. The third-order valence-electron chi connectivity index (χ3n) is 3.33. The summed E-state index contributed by atoms with van der Waals surface area (Å²) in [7, 11) is 0. The van der Waals surface area contributed by atoms with Gasteiger partial charge in [0.2, 0.25) is 5.69 Å². The van der Waals surface area contributed by atoms with Crippen LogP contribution in [0.4, 0.5) is 0 Å². The Labute approximate surface area is 124 Å². The van der Waals surface area contributed by atoms with Gasteiger partial charge < -0.3 is 9.47 Å². The molecule has 1 atom stereocenters. The SMILES string of the molecule is CCOC(=O)c1nnc2ccccc2c1OC(C)C(C)C. The number of carbonyl (C=O) groups is 1. The molecule has 0 saturated carbocycles. The summed E-state index contributed by atoms with van der Waals surface area (Å²) in [6, 6.07) is 7.46. The van der Waals surface area contributed by atoms with E-state index in [0.717, 1.165) is 5.39 Å². The normalized spacial score (nSPS) is 12.4. The lowest BCUT2D eigenvalue weighted by Crippen LogP contribution is -2.21. The van der Waals surface area contributed by atoms with Crippen molar-refractivity contribution < 1.29 is 14.3 Å². The van der Waals surface area contributed by atoms with Gasteiger partial charge in [-0.3, -0.25) is 0 Å². The largest absolute Gasteiger partial charge is 0.487 e. The molecule has 1 aromatic carbocycles. The van der Waals surface area contributed by atoms with Crippen LogP contribution in [-0.2, 0) is 4.74 Å². The molecule has 0 aliphatic rings. The topological polar surface area (TPSA) is 61.3 Å². The maximum atomic E-state index is 12.1. The molecule has 0 saturated heterocycles. The molecule has 112 valence electrons. The first-order valence-corrected chi connectivity index (χ1v) is 7.13. The Kier molecular flexibility index (Phi) is 4.73. The first-order chi connectivity index (χ1) is 10.0. The Balaban J connectivity index is 2.54. The molecule has 0 aliphatic heterocycles. The van der Waals surface area contributed by atoms with Gasteiger partial charge in [0.05, 0.1) is 18.2 Å². The van der Waals surface area contributed by atoms with E-state index in [2.05, 4.69) is 24.0 Å². The van der Waals surface area contributed by atoms with Gasteiger partial charge in [0.25, 0.3) is 0 Å². The minimum Gasteiger partial charge on any atom is -0.487 e. The number of fused-ring (bicyclic) bond motifs is 1. The molecule has 1 aromatic heterocycles. The van der Waals surface area contributed by atoms with Gasteiger partial charge in [-0.1, -0.05) is 26.0 Å². The Morgan fingerprint density at radius 1 is 1.19 bits per heavy atom. The van der Waals surface area contributed by atoms with Gasteiger partial charge in [-0.15, -0.1) is 10.2 Å². The first kappa shape index (κ1) is 15.2. The molecule has 0 amide bonds. The van der Waals surface area contributed by atoms with Gasteiger partial charge in [-0.05, 0) is 31.9 Å². The first-order valence-electron chi connectivity index (χ1n) is 7.13. The van der Waals surface area contributed by atoms with E-state index in [4.69, 9.17) is 9.47 Å². The molecular formula is C16H20N2O3. The predicted molar refractivity (Wildman–Crippen MR) is 80.4 cm³/mol. The van der Waals surface area contributed by atoms with Gasteiger partial charge >= 0.3 is 5.97 Å². The monoisotopic (exact) mass is 288 g/mol. The van der Waals surface area contributed by atoms with Gasteiger partial charge in [0.15, 0.2) is 5.75 Å². The molecule has 0 aliphatic carbocycles. The standard InChI is InChI=1S/C16H20N2O3/c1-5-20-16(19)14-15(21-11(4)10(2)3)12-8-6-7-9-13(12)17-18-14/h6-11H,5H2,1-4H3. The second-order valence-corrected chi connectivity index (χ2v) is 5.18. The van der Waals surface area contributed by atoms with E-state index in [9.17, 15) is 4.79 Å². The van der Waals surface area contributed by atoms with Crippen molar-refractivity contribution in [1.29, 1.82) is 0 Å². The number of carbonyl (C=O) groups excluding carboxylic acids is 1. The fourth-order valence-corrected chi connectivity index (χ4v) is 1.80. The van der Waals surface area contributed by atoms with Crippen molar-refractivity contribution in [3.63, 3.8) is 0 Å². The van der Waals surface area contributed by atoms with E-state index in [0.29, 0.717) is 17.2 Å².